The van der Waals surface area contributed by atoms with E-state index in [0.29, 0.717) is 10.8 Å². The number of thiophene rings is 1. The summed E-state index contributed by atoms with van der Waals surface area (Å²) < 4.78 is 5.24. The Morgan fingerprint density at radius 2 is 2.00 bits per heavy atom. The van der Waals surface area contributed by atoms with Gasteiger partial charge in [0.05, 0.1) is 0 Å². The number of anilines is 1. The van der Waals surface area contributed by atoms with Crippen LogP contribution in [-0.2, 0) is 22.4 Å². The Kier molecular flexibility index (Phi) is 5.77. The molecule has 0 fully saturated rings. The molecule has 1 aliphatic rings. The molecule has 5 heteroatoms. The number of carbonyl (C=O) groups excluding carboxylic acids is 2. The number of rotatable bonds is 5. The lowest BCUT2D eigenvalue weighted by molar-refractivity contribution is -0.119. The van der Waals surface area contributed by atoms with Gasteiger partial charge in [0.1, 0.15) is 4.88 Å². The largest absolute Gasteiger partial charge is 0.451 e. The van der Waals surface area contributed by atoms with E-state index in [1.54, 1.807) is 0 Å². The molecule has 1 N–H and O–H groups in total. The predicted octanol–water partition coefficient (Wildman–Crippen LogP) is 4.85. The second kappa shape index (κ2) is 8.04. The van der Waals surface area contributed by atoms with Gasteiger partial charge in [-0.05, 0) is 61.3 Å². The molecule has 138 valence electrons. The van der Waals surface area contributed by atoms with Gasteiger partial charge in [0.15, 0.2) is 6.61 Å². The fourth-order valence-corrected chi connectivity index (χ4v) is 4.46. The minimum atomic E-state index is -0.409. The molecule has 0 aliphatic heterocycles. The monoisotopic (exact) mass is 371 g/mol. The number of benzene rings is 1. The quantitative estimate of drug-likeness (QED) is 0.764. The molecule has 1 aliphatic carbocycles. The highest BCUT2D eigenvalue weighted by Crippen LogP contribution is 2.30. The van der Waals surface area contributed by atoms with Gasteiger partial charge < -0.3 is 10.1 Å². The summed E-state index contributed by atoms with van der Waals surface area (Å²) in [4.78, 5) is 26.4. The van der Waals surface area contributed by atoms with Crippen molar-refractivity contribution in [2.75, 3.05) is 11.9 Å². The first kappa shape index (κ1) is 18.6. The normalized spacial score (nSPS) is 13.4. The highest BCUT2D eigenvalue weighted by atomic mass is 32.1. The second-order valence-electron chi connectivity index (χ2n) is 7.08. The average Bonchev–Trinajstić information content (AvgIpc) is 3.05. The number of carbonyl (C=O) groups is 2. The van der Waals surface area contributed by atoms with Gasteiger partial charge >= 0.3 is 5.97 Å². The van der Waals surface area contributed by atoms with E-state index < -0.39 is 5.97 Å². The molecule has 26 heavy (non-hydrogen) atoms. The molecule has 1 amide bonds. The topological polar surface area (TPSA) is 55.4 Å². The van der Waals surface area contributed by atoms with Crippen LogP contribution in [0.15, 0.2) is 24.3 Å². The lowest BCUT2D eigenvalue weighted by Crippen LogP contribution is -2.22. The van der Waals surface area contributed by atoms with E-state index in [4.69, 9.17) is 4.74 Å². The van der Waals surface area contributed by atoms with E-state index in [2.05, 4.69) is 19.2 Å². The summed E-state index contributed by atoms with van der Waals surface area (Å²) in [5, 5.41) is 2.90. The zero-order valence-electron chi connectivity index (χ0n) is 15.6. The van der Waals surface area contributed by atoms with Gasteiger partial charge in [0, 0.05) is 10.6 Å². The third-order valence-electron chi connectivity index (χ3n) is 4.72. The molecule has 2 aromatic rings. The molecule has 0 spiro atoms. The van der Waals surface area contributed by atoms with Crippen LogP contribution in [0, 0.1) is 6.92 Å². The van der Waals surface area contributed by atoms with E-state index in [1.807, 2.05) is 31.2 Å². The first-order valence-corrected chi connectivity index (χ1v) is 9.95. The summed E-state index contributed by atoms with van der Waals surface area (Å²) in [6.45, 7) is 5.86. The molecular formula is C21H25NO3S. The van der Waals surface area contributed by atoms with Gasteiger partial charge in [-0.3, -0.25) is 4.79 Å². The number of aryl methyl sites for hydroxylation is 3. The van der Waals surface area contributed by atoms with Crippen molar-refractivity contribution in [3.05, 3.63) is 50.7 Å². The van der Waals surface area contributed by atoms with Crippen molar-refractivity contribution >= 4 is 28.9 Å². The predicted molar refractivity (Wildman–Crippen MR) is 105 cm³/mol. The third kappa shape index (κ3) is 4.15. The van der Waals surface area contributed by atoms with Crippen molar-refractivity contribution in [1.82, 2.24) is 0 Å². The first-order chi connectivity index (χ1) is 12.5. The van der Waals surface area contributed by atoms with Crippen LogP contribution in [-0.4, -0.2) is 18.5 Å². The van der Waals surface area contributed by atoms with Crippen LogP contribution in [0.25, 0.3) is 0 Å². The fourth-order valence-electron chi connectivity index (χ4n) is 3.31. The van der Waals surface area contributed by atoms with Gasteiger partial charge in [0.2, 0.25) is 0 Å². The fraction of sp³-hybridized carbons (Fsp3) is 0.429. The maximum atomic E-state index is 12.3. The lowest BCUT2D eigenvalue weighted by atomic mass is 9.98. The number of ether oxygens (including phenoxy) is 1. The van der Waals surface area contributed by atoms with Crippen molar-refractivity contribution in [3.63, 3.8) is 0 Å². The number of fused-ring (bicyclic) bond motifs is 1. The van der Waals surface area contributed by atoms with Gasteiger partial charge in [-0.15, -0.1) is 11.3 Å². The van der Waals surface area contributed by atoms with Gasteiger partial charge in [-0.25, -0.2) is 4.79 Å². The van der Waals surface area contributed by atoms with Crippen molar-refractivity contribution in [2.24, 2.45) is 0 Å². The van der Waals surface area contributed by atoms with Crippen LogP contribution in [0.1, 0.15) is 63.8 Å². The van der Waals surface area contributed by atoms with Gasteiger partial charge in [-0.1, -0.05) is 32.0 Å². The standard InChI is InChI=1S/C21H25NO3S/c1-13(2)16-9-6-7-14(3)20(16)22-19(23)12-25-21(24)18-11-15-8-4-5-10-17(15)26-18/h6-7,9,11,13H,4-5,8,10,12H2,1-3H3,(H,22,23). The number of hydrogen-bond donors (Lipinski definition) is 1. The van der Waals surface area contributed by atoms with E-state index in [-0.39, 0.29) is 12.5 Å². The molecule has 0 saturated carbocycles. The molecule has 0 unspecified atom stereocenters. The number of esters is 1. The summed E-state index contributed by atoms with van der Waals surface area (Å²) in [5.41, 5.74) is 4.16. The summed E-state index contributed by atoms with van der Waals surface area (Å²) in [5.74, 6) is -0.422. The van der Waals surface area contributed by atoms with E-state index in [1.165, 1.54) is 34.6 Å². The minimum Gasteiger partial charge on any atom is -0.451 e. The molecule has 1 heterocycles. The van der Waals surface area contributed by atoms with Crippen molar-refractivity contribution in [1.29, 1.82) is 0 Å². The lowest BCUT2D eigenvalue weighted by Gasteiger charge is -2.16. The number of nitrogens with one attached hydrogen (secondary N) is 1. The summed E-state index contributed by atoms with van der Waals surface area (Å²) in [6.07, 6.45) is 4.43. The summed E-state index contributed by atoms with van der Waals surface area (Å²) in [6, 6.07) is 7.88. The SMILES string of the molecule is Cc1cccc(C(C)C)c1NC(=O)COC(=O)c1cc2c(s1)CCCC2. The van der Waals surface area contributed by atoms with Crippen LogP contribution in [0.2, 0.25) is 0 Å². The smallest absolute Gasteiger partial charge is 0.348 e. The van der Waals surface area contributed by atoms with Crippen LogP contribution in [0.5, 0.6) is 0 Å². The first-order valence-electron chi connectivity index (χ1n) is 9.13. The van der Waals surface area contributed by atoms with Crippen LogP contribution in [0.4, 0.5) is 5.69 Å². The number of para-hydroxylation sites is 1. The maximum Gasteiger partial charge on any atom is 0.348 e. The minimum absolute atomic E-state index is 0.271. The molecule has 0 bridgehead atoms. The number of hydrogen-bond acceptors (Lipinski definition) is 4. The van der Waals surface area contributed by atoms with E-state index >= 15 is 0 Å². The molecule has 3 rings (SSSR count). The average molecular weight is 372 g/mol. The maximum absolute atomic E-state index is 12.3. The Balaban J connectivity index is 1.61. The highest BCUT2D eigenvalue weighted by Gasteiger charge is 2.19. The molecule has 0 radical (unpaired) electrons. The molecule has 1 aromatic heterocycles. The van der Waals surface area contributed by atoms with Crippen molar-refractivity contribution in [3.8, 4) is 0 Å². The molecule has 0 atom stereocenters. The second-order valence-corrected chi connectivity index (χ2v) is 8.22. The summed E-state index contributed by atoms with van der Waals surface area (Å²) >= 11 is 1.50. The van der Waals surface area contributed by atoms with Crippen molar-refractivity contribution in [2.45, 2.75) is 52.4 Å². The summed E-state index contributed by atoms with van der Waals surface area (Å²) in [7, 11) is 0. The molecule has 4 nitrogen and oxygen atoms in total. The van der Waals surface area contributed by atoms with Crippen LogP contribution < -0.4 is 5.32 Å². The molecule has 1 aromatic carbocycles. The Bertz CT molecular complexity index is 799. The molecule has 0 saturated heterocycles. The van der Waals surface area contributed by atoms with Crippen molar-refractivity contribution < 1.29 is 14.3 Å². The zero-order chi connectivity index (χ0) is 18.7. The van der Waals surface area contributed by atoms with E-state index in [0.717, 1.165) is 29.7 Å². The van der Waals surface area contributed by atoms with Crippen LogP contribution >= 0.6 is 11.3 Å². The third-order valence-corrected chi connectivity index (χ3v) is 5.94. The van der Waals surface area contributed by atoms with Gasteiger partial charge in [-0.2, -0.15) is 0 Å². The Labute approximate surface area is 158 Å². The Morgan fingerprint density at radius 3 is 2.73 bits per heavy atom. The van der Waals surface area contributed by atoms with E-state index in [9.17, 15) is 9.59 Å². The van der Waals surface area contributed by atoms with Crippen LogP contribution in [0.3, 0.4) is 0 Å². The molecular weight excluding hydrogens is 346 g/mol. The Morgan fingerprint density at radius 1 is 1.23 bits per heavy atom. The van der Waals surface area contributed by atoms with Gasteiger partial charge in [0.25, 0.3) is 5.91 Å². The number of amides is 1. The highest BCUT2D eigenvalue weighted by molar-refractivity contribution is 7.14. The Hall–Kier alpha value is -2.14. The zero-order valence-corrected chi connectivity index (χ0v) is 16.4.